The number of nitrogens with zero attached hydrogens (tertiary/aromatic N) is 1. The number of aryl methyl sites for hydroxylation is 1. The number of alkyl carbamates (subject to hydrolysis) is 1. The quantitative estimate of drug-likeness (QED) is 0.363. The molecule has 0 radical (unpaired) electrons. The van der Waals surface area contributed by atoms with E-state index in [-0.39, 0.29) is 18.1 Å². The Hall–Kier alpha value is -3.55. The minimum absolute atomic E-state index is 0.0971. The average molecular weight is 554 g/mol. The van der Waals surface area contributed by atoms with Crippen LogP contribution < -0.4 is 10.6 Å². The van der Waals surface area contributed by atoms with Crippen LogP contribution in [0.25, 0.3) is 0 Å². The topological polar surface area (TPSA) is 108 Å². The van der Waals surface area contributed by atoms with Gasteiger partial charge in [0.15, 0.2) is 0 Å². The van der Waals surface area contributed by atoms with Crippen molar-refractivity contribution < 1.29 is 24.2 Å². The van der Waals surface area contributed by atoms with Gasteiger partial charge in [-0.05, 0) is 97.6 Å². The van der Waals surface area contributed by atoms with Crippen LogP contribution in [0, 0.1) is 6.92 Å². The van der Waals surface area contributed by atoms with E-state index in [1.165, 1.54) is 6.07 Å². The summed E-state index contributed by atoms with van der Waals surface area (Å²) in [5.74, 6) is -0.676. The highest BCUT2D eigenvalue weighted by Crippen LogP contribution is 2.34. The summed E-state index contributed by atoms with van der Waals surface area (Å²) in [6.07, 6.45) is 0.0315. The maximum absolute atomic E-state index is 14.6. The van der Waals surface area contributed by atoms with Gasteiger partial charge in [0.25, 0.3) is 0 Å². The Morgan fingerprint density at radius 2 is 1.55 bits per heavy atom. The molecule has 2 aromatic rings. The van der Waals surface area contributed by atoms with Gasteiger partial charge in [-0.15, -0.1) is 0 Å². The Balaban J connectivity index is 2.70. The Bertz CT molecular complexity index is 1180. The summed E-state index contributed by atoms with van der Waals surface area (Å²) in [6, 6.07) is 12.3. The van der Waals surface area contributed by atoms with Crippen molar-refractivity contribution in [1.82, 2.24) is 15.5 Å². The van der Waals surface area contributed by atoms with E-state index in [1.54, 1.807) is 44.7 Å². The van der Waals surface area contributed by atoms with Crippen molar-refractivity contribution in [3.05, 3.63) is 65.2 Å². The minimum atomic E-state index is -1.03. The highest BCUT2D eigenvalue weighted by Gasteiger charge is 2.43. The highest BCUT2D eigenvalue weighted by atomic mass is 16.6. The first kappa shape index (κ1) is 32.7. The Morgan fingerprint density at radius 1 is 0.950 bits per heavy atom. The molecule has 2 unspecified atom stereocenters. The Labute approximate surface area is 239 Å². The van der Waals surface area contributed by atoms with Gasteiger partial charge in [-0.1, -0.05) is 43.3 Å². The van der Waals surface area contributed by atoms with Crippen LogP contribution in [0.4, 0.5) is 4.79 Å². The lowest BCUT2D eigenvalue weighted by Crippen LogP contribution is -2.60. The van der Waals surface area contributed by atoms with Crippen molar-refractivity contribution in [2.24, 2.45) is 0 Å². The largest absolute Gasteiger partial charge is 0.508 e. The molecule has 0 heterocycles. The molecule has 0 aromatic heterocycles. The van der Waals surface area contributed by atoms with E-state index in [9.17, 15) is 19.5 Å². The molecular formula is C32H47N3O5. The van der Waals surface area contributed by atoms with Crippen LogP contribution in [-0.2, 0) is 20.7 Å². The third-order valence-electron chi connectivity index (χ3n) is 6.57. The molecule has 2 aromatic carbocycles. The number of ether oxygens (including phenoxy) is 1. The first-order chi connectivity index (χ1) is 18.3. The molecule has 2 atom stereocenters. The van der Waals surface area contributed by atoms with Crippen molar-refractivity contribution in [3.8, 4) is 5.75 Å². The first-order valence-corrected chi connectivity index (χ1v) is 13.8. The van der Waals surface area contributed by atoms with E-state index in [4.69, 9.17) is 4.74 Å². The molecule has 0 saturated carbocycles. The fourth-order valence-electron chi connectivity index (χ4n) is 4.32. The number of hydrogen-bond donors (Lipinski definition) is 3. The van der Waals surface area contributed by atoms with Crippen LogP contribution in [-0.4, -0.2) is 50.6 Å². The van der Waals surface area contributed by atoms with Gasteiger partial charge in [-0.25, -0.2) is 4.79 Å². The molecule has 8 heteroatoms. The number of benzene rings is 2. The number of aromatic hydroxyl groups is 1. The van der Waals surface area contributed by atoms with Crippen LogP contribution >= 0.6 is 0 Å². The van der Waals surface area contributed by atoms with Crippen molar-refractivity contribution in [2.45, 2.75) is 111 Å². The zero-order valence-corrected chi connectivity index (χ0v) is 25.7. The maximum Gasteiger partial charge on any atom is 0.408 e. The SMILES string of the molecule is CCC(C)(C)N(C(=O)C(Cc1ccccc1)NC(=O)OC(C)(C)C)C(C(=O)NC(C)(C)C)c1ccc(O)c(C)c1. The number of rotatable bonds is 9. The van der Waals surface area contributed by atoms with Gasteiger partial charge in [0.05, 0.1) is 0 Å². The van der Waals surface area contributed by atoms with Crippen molar-refractivity contribution in [2.75, 3.05) is 0 Å². The fraction of sp³-hybridized carbons (Fsp3) is 0.531. The number of phenolic OH excluding ortho intramolecular Hbond substituents is 1. The van der Waals surface area contributed by atoms with Crippen LogP contribution in [0.5, 0.6) is 5.75 Å². The molecule has 220 valence electrons. The molecule has 3 amide bonds. The zero-order chi connectivity index (χ0) is 30.5. The number of hydrogen-bond acceptors (Lipinski definition) is 5. The van der Waals surface area contributed by atoms with Crippen LogP contribution in [0.1, 0.15) is 91.5 Å². The lowest BCUT2D eigenvalue weighted by atomic mass is 9.90. The van der Waals surface area contributed by atoms with Crippen molar-refractivity contribution >= 4 is 17.9 Å². The van der Waals surface area contributed by atoms with Crippen molar-refractivity contribution in [3.63, 3.8) is 0 Å². The normalized spacial score (nSPS) is 13.7. The van der Waals surface area contributed by atoms with Gasteiger partial charge in [-0.3, -0.25) is 9.59 Å². The van der Waals surface area contributed by atoms with Crippen LogP contribution in [0.15, 0.2) is 48.5 Å². The smallest absolute Gasteiger partial charge is 0.408 e. The van der Waals surface area contributed by atoms with Gasteiger partial charge >= 0.3 is 6.09 Å². The van der Waals surface area contributed by atoms with E-state index >= 15 is 0 Å². The number of nitrogens with one attached hydrogen (secondary N) is 2. The molecule has 3 N–H and O–H groups in total. The molecule has 0 bridgehead atoms. The molecule has 0 aliphatic carbocycles. The average Bonchev–Trinajstić information content (AvgIpc) is 2.81. The molecule has 0 aliphatic rings. The Morgan fingerprint density at radius 3 is 2.05 bits per heavy atom. The Kier molecular flexibility index (Phi) is 10.4. The second-order valence-electron chi connectivity index (χ2n) is 13.0. The molecular weight excluding hydrogens is 506 g/mol. The number of carbonyl (C=O) groups excluding carboxylic acids is 3. The van der Waals surface area contributed by atoms with E-state index in [1.807, 2.05) is 71.9 Å². The summed E-state index contributed by atoms with van der Waals surface area (Å²) < 4.78 is 5.51. The molecule has 8 nitrogen and oxygen atoms in total. The summed E-state index contributed by atoms with van der Waals surface area (Å²) in [4.78, 5) is 43.1. The zero-order valence-electron chi connectivity index (χ0n) is 25.7. The third kappa shape index (κ3) is 9.28. The summed E-state index contributed by atoms with van der Waals surface area (Å²) >= 11 is 0. The summed E-state index contributed by atoms with van der Waals surface area (Å²) in [6.45, 7) is 18.4. The summed E-state index contributed by atoms with van der Waals surface area (Å²) in [7, 11) is 0. The lowest BCUT2D eigenvalue weighted by molar-refractivity contribution is -0.149. The van der Waals surface area contributed by atoms with Crippen LogP contribution in [0.2, 0.25) is 0 Å². The van der Waals surface area contributed by atoms with Gasteiger partial charge < -0.3 is 25.4 Å². The van der Waals surface area contributed by atoms with Crippen molar-refractivity contribution in [1.29, 1.82) is 0 Å². The van der Waals surface area contributed by atoms with E-state index in [2.05, 4.69) is 10.6 Å². The van der Waals surface area contributed by atoms with Gasteiger partial charge in [0, 0.05) is 17.5 Å². The predicted octanol–water partition coefficient (Wildman–Crippen LogP) is 5.81. The minimum Gasteiger partial charge on any atom is -0.508 e. The lowest BCUT2D eigenvalue weighted by Gasteiger charge is -2.45. The monoisotopic (exact) mass is 553 g/mol. The molecule has 0 aliphatic heterocycles. The van der Waals surface area contributed by atoms with Gasteiger partial charge in [-0.2, -0.15) is 0 Å². The summed E-state index contributed by atoms with van der Waals surface area (Å²) in [5.41, 5.74) is -0.117. The maximum atomic E-state index is 14.6. The second-order valence-corrected chi connectivity index (χ2v) is 13.0. The molecule has 0 spiro atoms. The van der Waals surface area contributed by atoms with E-state index in [0.29, 0.717) is 17.5 Å². The van der Waals surface area contributed by atoms with Crippen LogP contribution in [0.3, 0.4) is 0 Å². The summed E-state index contributed by atoms with van der Waals surface area (Å²) in [5, 5.41) is 16.0. The van der Waals surface area contributed by atoms with Gasteiger partial charge in [0.1, 0.15) is 23.4 Å². The number of carbonyl (C=O) groups is 3. The van der Waals surface area contributed by atoms with E-state index < -0.39 is 40.8 Å². The highest BCUT2D eigenvalue weighted by molar-refractivity contribution is 5.93. The molecule has 2 rings (SSSR count). The standard InChI is InChI=1S/C32H47N3O5/c1-11-32(9,10)35(26(27(37)34-30(3,4)5)23-17-18-25(36)21(2)19-23)28(38)24(20-22-15-13-12-14-16-22)33-29(39)40-31(6,7)8/h12-19,24,26,36H,11,20H2,1-10H3,(H,33,39)(H,34,37). The first-order valence-electron chi connectivity index (χ1n) is 13.8. The fourth-order valence-corrected chi connectivity index (χ4v) is 4.32. The molecule has 0 saturated heterocycles. The van der Waals surface area contributed by atoms with Gasteiger partial charge in [0.2, 0.25) is 11.8 Å². The number of phenols is 1. The predicted molar refractivity (Wildman–Crippen MR) is 158 cm³/mol. The molecule has 0 fully saturated rings. The second kappa shape index (κ2) is 12.7. The third-order valence-corrected chi connectivity index (χ3v) is 6.57. The van der Waals surface area contributed by atoms with E-state index in [0.717, 1.165) is 5.56 Å². The number of amides is 3. The molecule has 40 heavy (non-hydrogen) atoms.